The summed E-state index contributed by atoms with van der Waals surface area (Å²) in [5.41, 5.74) is 5.27. The number of rotatable bonds is 7. The average Bonchev–Trinajstić information content (AvgIpc) is 2.53. The zero-order valence-corrected chi connectivity index (χ0v) is 13.9. The maximum absolute atomic E-state index is 12.4. The SMILES string of the molecule is Cc1ccc(S(=O)(=O)Nc2ccc(OCC(N)=O)cc2)cc1[N+](=O)[O-]. The van der Waals surface area contributed by atoms with Crippen molar-refractivity contribution in [3.8, 4) is 5.75 Å². The summed E-state index contributed by atoms with van der Waals surface area (Å²) in [6.07, 6.45) is 0. The molecule has 0 aliphatic heterocycles. The highest BCUT2D eigenvalue weighted by Gasteiger charge is 2.19. The summed E-state index contributed by atoms with van der Waals surface area (Å²) in [6, 6.07) is 9.42. The highest BCUT2D eigenvalue weighted by molar-refractivity contribution is 7.92. The summed E-state index contributed by atoms with van der Waals surface area (Å²) in [6.45, 7) is 1.23. The number of nitro groups is 1. The highest BCUT2D eigenvalue weighted by atomic mass is 32.2. The largest absolute Gasteiger partial charge is 0.484 e. The van der Waals surface area contributed by atoms with Crippen molar-refractivity contribution in [1.82, 2.24) is 0 Å². The molecule has 9 nitrogen and oxygen atoms in total. The molecule has 132 valence electrons. The standard InChI is InChI=1S/C15H15N3O6S/c1-10-2-7-13(8-14(10)18(20)21)25(22,23)17-11-3-5-12(6-4-11)24-9-15(16)19/h2-8,17H,9H2,1H3,(H2,16,19). The van der Waals surface area contributed by atoms with E-state index in [-0.39, 0.29) is 22.9 Å². The minimum atomic E-state index is -3.99. The first-order valence-corrected chi connectivity index (χ1v) is 8.46. The normalized spacial score (nSPS) is 10.9. The molecule has 0 spiro atoms. The quantitative estimate of drug-likeness (QED) is 0.563. The van der Waals surface area contributed by atoms with E-state index >= 15 is 0 Å². The van der Waals surface area contributed by atoms with E-state index in [4.69, 9.17) is 10.5 Å². The second-order valence-corrected chi connectivity index (χ2v) is 6.77. The maximum Gasteiger partial charge on any atom is 0.273 e. The Labute approximate surface area is 143 Å². The molecule has 2 aromatic rings. The minimum absolute atomic E-state index is 0.223. The van der Waals surface area contributed by atoms with E-state index in [1.807, 2.05) is 0 Å². The predicted molar refractivity (Wildman–Crippen MR) is 89.8 cm³/mol. The number of carbonyl (C=O) groups is 1. The van der Waals surface area contributed by atoms with Crippen LogP contribution >= 0.6 is 0 Å². The van der Waals surface area contributed by atoms with Gasteiger partial charge in [-0.25, -0.2) is 8.42 Å². The molecule has 0 unspecified atom stereocenters. The topological polar surface area (TPSA) is 142 Å². The van der Waals surface area contributed by atoms with Crippen molar-refractivity contribution in [2.45, 2.75) is 11.8 Å². The lowest BCUT2D eigenvalue weighted by Gasteiger charge is -2.10. The number of nitrogens with one attached hydrogen (secondary N) is 1. The molecule has 25 heavy (non-hydrogen) atoms. The van der Waals surface area contributed by atoms with Gasteiger partial charge in [0.05, 0.1) is 9.82 Å². The Morgan fingerprint density at radius 2 is 1.88 bits per heavy atom. The van der Waals surface area contributed by atoms with E-state index in [1.165, 1.54) is 43.3 Å². The van der Waals surface area contributed by atoms with E-state index in [0.717, 1.165) is 6.07 Å². The second-order valence-electron chi connectivity index (χ2n) is 5.09. The van der Waals surface area contributed by atoms with Crippen molar-refractivity contribution in [2.75, 3.05) is 11.3 Å². The molecule has 2 aromatic carbocycles. The molecule has 3 N–H and O–H groups in total. The fourth-order valence-corrected chi connectivity index (χ4v) is 3.02. The van der Waals surface area contributed by atoms with Gasteiger partial charge in [0.1, 0.15) is 5.75 Å². The van der Waals surface area contributed by atoms with Gasteiger partial charge in [-0.15, -0.1) is 0 Å². The number of primary amides is 1. The summed E-state index contributed by atoms with van der Waals surface area (Å²) in [5.74, 6) is -0.293. The van der Waals surface area contributed by atoms with E-state index in [0.29, 0.717) is 11.3 Å². The average molecular weight is 365 g/mol. The molecular weight excluding hydrogens is 350 g/mol. The van der Waals surface area contributed by atoms with Crippen LogP contribution in [-0.2, 0) is 14.8 Å². The van der Waals surface area contributed by atoms with Crippen LogP contribution in [0.4, 0.5) is 11.4 Å². The fourth-order valence-electron chi connectivity index (χ4n) is 1.94. The highest BCUT2D eigenvalue weighted by Crippen LogP contribution is 2.24. The van der Waals surface area contributed by atoms with Crippen molar-refractivity contribution in [3.05, 3.63) is 58.1 Å². The van der Waals surface area contributed by atoms with Crippen LogP contribution in [0.25, 0.3) is 0 Å². The zero-order chi connectivity index (χ0) is 18.6. The molecule has 0 radical (unpaired) electrons. The molecule has 0 fully saturated rings. The van der Waals surface area contributed by atoms with E-state index in [9.17, 15) is 23.3 Å². The number of hydrogen-bond donors (Lipinski definition) is 2. The molecule has 10 heteroatoms. The van der Waals surface area contributed by atoms with Crippen molar-refractivity contribution >= 4 is 27.3 Å². The third kappa shape index (κ3) is 4.67. The van der Waals surface area contributed by atoms with Crippen LogP contribution in [0.3, 0.4) is 0 Å². The third-order valence-electron chi connectivity index (χ3n) is 3.18. The number of anilines is 1. The summed E-state index contributed by atoms with van der Waals surface area (Å²) in [7, 11) is -3.99. The lowest BCUT2D eigenvalue weighted by molar-refractivity contribution is -0.385. The smallest absolute Gasteiger partial charge is 0.273 e. The van der Waals surface area contributed by atoms with Gasteiger partial charge in [-0.1, -0.05) is 6.07 Å². The molecular formula is C15H15N3O6S. The van der Waals surface area contributed by atoms with Crippen LogP contribution < -0.4 is 15.2 Å². The molecule has 1 amide bonds. The molecule has 0 bridgehead atoms. The molecule has 0 heterocycles. The van der Waals surface area contributed by atoms with Gasteiger partial charge < -0.3 is 10.5 Å². The van der Waals surface area contributed by atoms with Crippen LogP contribution in [0.15, 0.2) is 47.4 Å². The molecule has 2 rings (SSSR count). The molecule has 0 saturated carbocycles. The van der Waals surface area contributed by atoms with E-state index < -0.39 is 20.9 Å². The van der Waals surface area contributed by atoms with Crippen LogP contribution in [0.5, 0.6) is 5.75 Å². The van der Waals surface area contributed by atoms with Gasteiger partial charge >= 0.3 is 0 Å². The van der Waals surface area contributed by atoms with Gasteiger partial charge in [-0.05, 0) is 37.3 Å². The zero-order valence-electron chi connectivity index (χ0n) is 13.1. The van der Waals surface area contributed by atoms with Crippen LogP contribution in [0, 0.1) is 17.0 Å². The number of hydrogen-bond acceptors (Lipinski definition) is 6. The minimum Gasteiger partial charge on any atom is -0.484 e. The van der Waals surface area contributed by atoms with Gasteiger partial charge in [-0.3, -0.25) is 19.6 Å². The van der Waals surface area contributed by atoms with Crippen LogP contribution in [-0.4, -0.2) is 25.9 Å². The fraction of sp³-hybridized carbons (Fsp3) is 0.133. The van der Waals surface area contributed by atoms with Gasteiger partial charge in [0, 0.05) is 17.3 Å². The number of amides is 1. The summed E-state index contributed by atoms with van der Waals surface area (Å²) in [5, 5.41) is 10.9. The molecule has 0 saturated heterocycles. The predicted octanol–water partition coefficient (Wildman–Crippen LogP) is 1.57. The second kappa shape index (κ2) is 7.18. The first kappa shape index (κ1) is 18.2. The van der Waals surface area contributed by atoms with E-state index in [1.54, 1.807) is 0 Å². The number of ether oxygens (including phenoxy) is 1. The van der Waals surface area contributed by atoms with Crippen molar-refractivity contribution in [3.63, 3.8) is 0 Å². The number of aryl methyl sites for hydroxylation is 1. The Hall–Kier alpha value is -3.14. The lowest BCUT2D eigenvalue weighted by Crippen LogP contribution is -2.20. The molecule has 0 aromatic heterocycles. The summed E-state index contributed by atoms with van der Waals surface area (Å²) in [4.78, 5) is 20.7. The molecule has 0 aliphatic carbocycles. The van der Waals surface area contributed by atoms with Crippen molar-refractivity contribution in [2.24, 2.45) is 5.73 Å². The van der Waals surface area contributed by atoms with Gasteiger partial charge in [0.25, 0.3) is 21.6 Å². The number of carbonyl (C=O) groups excluding carboxylic acids is 1. The number of nitrogens with zero attached hydrogens (tertiary/aromatic N) is 1. The van der Waals surface area contributed by atoms with Crippen LogP contribution in [0.2, 0.25) is 0 Å². The Morgan fingerprint density at radius 3 is 2.44 bits per heavy atom. The summed E-state index contributed by atoms with van der Waals surface area (Å²) < 4.78 is 32.1. The molecule has 0 aliphatic rings. The number of nitro benzene ring substituents is 1. The van der Waals surface area contributed by atoms with E-state index in [2.05, 4.69) is 4.72 Å². The van der Waals surface area contributed by atoms with Crippen molar-refractivity contribution < 1.29 is 22.9 Å². The van der Waals surface area contributed by atoms with Crippen LogP contribution in [0.1, 0.15) is 5.56 Å². The van der Waals surface area contributed by atoms with Gasteiger partial charge in [0.2, 0.25) is 0 Å². The van der Waals surface area contributed by atoms with Crippen molar-refractivity contribution in [1.29, 1.82) is 0 Å². The molecule has 0 atom stereocenters. The number of sulfonamides is 1. The Balaban J connectivity index is 2.20. The van der Waals surface area contributed by atoms with Gasteiger partial charge in [-0.2, -0.15) is 0 Å². The monoisotopic (exact) mass is 365 g/mol. The number of nitrogens with two attached hydrogens (primary N) is 1. The first-order chi connectivity index (χ1) is 11.7. The lowest BCUT2D eigenvalue weighted by atomic mass is 10.2. The summed E-state index contributed by atoms with van der Waals surface area (Å²) >= 11 is 0. The Morgan fingerprint density at radius 1 is 1.24 bits per heavy atom. The first-order valence-electron chi connectivity index (χ1n) is 6.98. The Kier molecular flexibility index (Phi) is 5.22. The Bertz CT molecular complexity index is 909. The third-order valence-corrected chi connectivity index (χ3v) is 4.55. The van der Waals surface area contributed by atoms with Gasteiger partial charge in [0.15, 0.2) is 6.61 Å². The number of benzene rings is 2. The maximum atomic E-state index is 12.4.